The van der Waals surface area contributed by atoms with E-state index >= 15 is 0 Å². The van der Waals surface area contributed by atoms with Gasteiger partial charge in [-0.2, -0.15) is 35.1 Å². The SMILES string of the molecule is CCOC1CC(c2ccco2)C(S(=O)(=O)C(F)(F)C(F)(F)C(F)(F)C(F)(F)Cl)=C(c2ccccc2)O1. The molecule has 0 N–H and O–H groups in total. The molecule has 15 heteroatoms. The molecule has 5 nitrogen and oxygen atoms in total. The van der Waals surface area contributed by atoms with E-state index in [-0.39, 0.29) is 17.9 Å². The molecule has 36 heavy (non-hydrogen) atoms. The summed E-state index contributed by atoms with van der Waals surface area (Å²) in [6, 6.07) is 8.74. The highest BCUT2D eigenvalue weighted by Crippen LogP contribution is 2.58. The fourth-order valence-electron chi connectivity index (χ4n) is 3.50. The Hall–Kier alpha value is -2.32. The molecule has 1 aromatic carbocycles. The van der Waals surface area contributed by atoms with Crippen molar-refractivity contribution in [1.82, 2.24) is 0 Å². The predicted octanol–water partition coefficient (Wildman–Crippen LogP) is 6.62. The minimum Gasteiger partial charge on any atom is -0.469 e. The molecule has 0 amide bonds. The topological polar surface area (TPSA) is 65.7 Å². The van der Waals surface area contributed by atoms with Gasteiger partial charge >= 0.3 is 22.5 Å². The first-order valence-electron chi connectivity index (χ1n) is 10.1. The van der Waals surface area contributed by atoms with E-state index in [9.17, 15) is 43.5 Å². The summed E-state index contributed by atoms with van der Waals surface area (Å²) in [5.41, 5.74) is -0.231. The molecule has 0 bridgehead atoms. The third kappa shape index (κ3) is 4.47. The van der Waals surface area contributed by atoms with Crippen LogP contribution in [-0.2, 0) is 19.3 Å². The largest absolute Gasteiger partial charge is 0.469 e. The molecule has 1 aromatic heterocycles. The molecule has 0 saturated heterocycles. The van der Waals surface area contributed by atoms with Crippen LogP contribution >= 0.6 is 11.6 Å². The molecule has 1 aliphatic heterocycles. The van der Waals surface area contributed by atoms with Crippen molar-refractivity contribution >= 4 is 27.2 Å². The second-order valence-corrected chi connectivity index (χ2v) is 9.97. The average molecular weight is 569 g/mol. The Morgan fingerprint density at radius 2 is 1.58 bits per heavy atom. The summed E-state index contributed by atoms with van der Waals surface area (Å²) in [7, 11) is -6.89. The van der Waals surface area contributed by atoms with Crippen molar-refractivity contribution in [3.8, 4) is 0 Å². The summed E-state index contributed by atoms with van der Waals surface area (Å²) in [6.45, 7) is 1.51. The lowest BCUT2D eigenvalue weighted by molar-refractivity contribution is -0.326. The average Bonchev–Trinajstić information content (AvgIpc) is 3.33. The lowest BCUT2D eigenvalue weighted by atomic mass is 9.96. The van der Waals surface area contributed by atoms with Gasteiger partial charge in [-0.05, 0) is 30.7 Å². The molecule has 3 rings (SSSR count). The van der Waals surface area contributed by atoms with Gasteiger partial charge in [-0.3, -0.25) is 0 Å². The van der Waals surface area contributed by atoms with Gasteiger partial charge in [0.2, 0.25) is 6.29 Å². The van der Waals surface area contributed by atoms with Crippen LogP contribution in [-0.4, -0.2) is 43.8 Å². The molecule has 2 unspecified atom stereocenters. The van der Waals surface area contributed by atoms with E-state index in [0.717, 1.165) is 24.5 Å². The number of halogens is 9. The molecule has 2 atom stereocenters. The number of hydrogen-bond acceptors (Lipinski definition) is 5. The Morgan fingerprint density at radius 3 is 2.08 bits per heavy atom. The van der Waals surface area contributed by atoms with Gasteiger partial charge in [-0.25, -0.2) is 8.42 Å². The van der Waals surface area contributed by atoms with Gasteiger partial charge in [0.1, 0.15) is 16.4 Å². The summed E-state index contributed by atoms with van der Waals surface area (Å²) in [6.07, 6.45) is -0.875. The van der Waals surface area contributed by atoms with Gasteiger partial charge in [0.15, 0.2) is 0 Å². The molecule has 1 aliphatic rings. The number of allylic oxidation sites excluding steroid dienone is 1. The maximum atomic E-state index is 15.0. The monoisotopic (exact) mass is 568 g/mol. The zero-order chi connectivity index (χ0) is 27.2. The second kappa shape index (κ2) is 9.53. The summed E-state index contributed by atoms with van der Waals surface area (Å²) >= 11 is 3.98. The zero-order valence-electron chi connectivity index (χ0n) is 18.0. The molecule has 0 fully saturated rings. The minimum atomic E-state index is -7.16. The summed E-state index contributed by atoms with van der Waals surface area (Å²) in [5.74, 6) is -17.2. The highest BCUT2D eigenvalue weighted by Gasteiger charge is 2.84. The van der Waals surface area contributed by atoms with Crippen LogP contribution in [0.15, 0.2) is 58.1 Å². The van der Waals surface area contributed by atoms with Gasteiger partial charge < -0.3 is 13.9 Å². The third-order valence-corrected chi connectivity index (χ3v) is 7.45. The molecule has 0 aliphatic carbocycles. The zero-order valence-corrected chi connectivity index (χ0v) is 19.6. The molecular formula is C21H17ClF8O5S. The highest BCUT2D eigenvalue weighted by atomic mass is 35.5. The maximum absolute atomic E-state index is 15.0. The van der Waals surface area contributed by atoms with E-state index in [1.54, 1.807) is 0 Å². The third-order valence-electron chi connectivity index (χ3n) is 5.24. The molecule has 200 valence electrons. The van der Waals surface area contributed by atoms with E-state index in [2.05, 4.69) is 11.6 Å². The van der Waals surface area contributed by atoms with Gasteiger partial charge in [-0.15, -0.1) is 0 Å². The molecule has 0 saturated carbocycles. The van der Waals surface area contributed by atoms with Crippen molar-refractivity contribution in [2.45, 2.75) is 48.0 Å². The number of benzene rings is 1. The molecule has 0 radical (unpaired) electrons. The van der Waals surface area contributed by atoms with Crippen LogP contribution in [0.25, 0.3) is 5.76 Å². The first-order chi connectivity index (χ1) is 16.5. The van der Waals surface area contributed by atoms with Crippen LogP contribution in [0.4, 0.5) is 35.1 Å². The maximum Gasteiger partial charge on any atom is 0.417 e. The van der Waals surface area contributed by atoms with Crippen LogP contribution in [0.1, 0.15) is 30.6 Å². The second-order valence-electron chi connectivity index (χ2n) is 7.53. The van der Waals surface area contributed by atoms with Gasteiger partial charge in [0.05, 0.1) is 12.2 Å². The van der Waals surface area contributed by atoms with Crippen LogP contribution in [0, 0.1) is 0 Å². The van der Waals surface area contributed by atoms with E-state index in [4.69, 9.17) is 13.9 Å². The number of sulfone groups is 1. The Balaban J connectivity index is 2.34. The number of hydrogen-bond donors (Lipinski definition) is 0. The van der Waals surface area contributed by atoms with Gasteiger partial charge in [-0.1, -0.05) is 30.3 Å². The van der Waals surface area contributed by atoms with Crippen molar-refractivity contribution in [3.05, 3.63) is 65.0 Å². The highest BCUT2D eigenvalue weighted by molar-refractivity contribution is 7.96. The lowest BCUT2D eigenvalue weighted by Gasteiger charge is -2.37. The number of ether oxygens (including phenoxy) is 2. The first-order valence-corrected chi connectivity index (χ1v) is 11.9. The molecule has 2 heterocycles. The molecular weight excluding hydrogens is 552 g/mol. The summed E-state index contributed by atoms with van der Waals surface area (Å²) in [4.78, 5) is -1.59. The number of rotatable bonds is 9. The van der Waals surface area contributed by atoms with Crippen molar-refractivity contribution in [2.75, 3.05) is 6.61 Å². The minimum absolute atomic E-state index is 0.00898. The van der Waals surface area contributed by atoms with Gasteiger partial charge in [0.25, 0.3) is 9.84 Å². The fraction of sp³-hybridized carbons (Fsp3) is 0.429. The summed E-state index contributed by atoms with van der Waals surface area (Å²) < 4.78 is 154. The van der Waals surface area contributed by atoms with Gasteiger partial charge in [0, 0.05) is 18.6 Å². The fourth-order valence-corrected chi connectivity index (χ4v) is 5.35. The first kappa shape index (κ1) is 28.3. The van der Waals surface area contributed by atoms with E-state index in [1.165, 1.54) is 31.2 Å². The quantitative estimate of drug-likeness (QED) is 0.251. The number of alkyl halides is 9. The van der Waals surface area contributed by atoms with Crippen molar-refractivity contribution in [1.29, 1.82) is 0 Å². The standard InChI is InChI=1S/C21H17ClF8O5S/c1-2-33-15-11-13(14-9-6-10-34-14)17(16(35-15)12-7-4-3-5-8-12)36(31,32)21(29,30)19(25,26)18(23,24)20(22,27)28/h3-10,13,15H,2,11H2,1H3. The predicted molar refractivity (Wildman–Crippen MR) is 110 cm³/mol. The van der Waals surface area contributed by atoms with Crippen LogP contribution in [0.5, 0.6) is 0 Å². The van der Waals surface area contributed by atoms with Crippen LogP contribution in [0.2, 0.25) is 0 Å². The van der Waals surface area contributed by atoms with Crippen LogP contribution in [0.3, 0.4) is 0 Å². The Labute approximate surface area is 204 Å². The Bertz CT molecular complexity index is 1190. The Morgan fingerprint density at radius 1 is 0.972 bits per heavy atom. The molecule has 0 spiro atoms. The summed E-state index contributed by atoms with van der Waals surface area (Å²) in [5, 5.41) is -13.0. The van der Waals surface area contributed by atoms with Crippen molar-refractivity contribution in [2.24, 2.45) is 0 Å². The van der Waals surface area contributed by atoms with Crippen molar-refractivity contribution in [3.63, 3.8) is 0 Å². The van der Waals surface area contributed by atoms with Crippen molar-refractivity contribution < 1.29 is 57.4 Å². The molecule has 2 aromatic rings. The smallest absolute Gasteiger partial charge is 0.417 e. The Kier molecular flexibility index (Phi) is 7.48. The van der Waals surface area contributed by atoms with E-state index in [0.29, 0.717) is 0 Å². The number of furan rings is 1. The normalized spacial score (nSPS) is 20.4. The van der Waals surface area contributed by atoms with E-state index < -0.39 is 61.6 Å². The lowest BCUT2D eigenvalue weighted by Crippen LogP contribution is -2.63. The van der Waals surface area contributed by atoms with E-state index in [1.807, 2.05) is 0 Å². The van der Waals surface area contributed by atoms with Crippen LogP contribution < -0.4 is 0 Å².